The van der Waals surface area contributed by atoms with Gasteiger partial charge in [0.15, 0.2) is 0 Å². The van der Waals surface area contributed by atoms with Crippen molar-refractivity contribution in [2.24, 2.45) is 18.4 Å². The molecule has 1 unspecified atom stereocenters. The summed E-state index contributed by atoms with van der Waals surface area (Å²) >= 11 is 0. The summed E-state index contributed by atoms with van der Waals surface area (Å²) in [6.45, 7) is 5.55. The number of hydrogen-bond donors (Lipinski definition) is 1. The molecule has 3 aliphatic heterocycles. The van der Waals surface area contributed by atoms with E-state index in [9.17, 15) is 9.90 Å². The minimum absolute atomic E-state index is 0.214. The number of likely N-dealkylation sites (tertiary alicyclic amines) is 2. The number of carboxylic acids is 1. The third-order valence-electron chi connectivity index (χ3n) is 7.20. The Labute approximate surface area is 165 Å². The van der Waals surface area contributed by atoms with E-state index in [0.717, 1.165) is 45.7 Å². The maximum absolute atomic E-state index is 12.3. The maximum atomic E-state index is 12.3. The van der Waals surface area contributed by atoms with E-state index in [1.54, 1.807) is 0 Å². The van der Waals surface area contributed by atoms with Crippen LogP contribution < -0.4 is 0 Å². The molecule has 0 saturated carbocycles. The molecule has 0 aliphatic carbocycles. The molecule has 5 rings (SSSR count). The molecule has 28 heavy (non-hydrogen) atoms. The van der Waals surface area contributed by atoms with Gasteiger partial charge in [-0.1, -0.05) is 12.1 Å². The van der Waals surface area contributed by atoms with Crippen molar-refractivity contribution in [1.82, 2.24) is 14.4 Å². The van der Waals surface area contributed by atoms with Crippen LogP contribution in [-0.2, 0) is 23.1 Å². The van der Waals surface area contributed by atoms with Gasteiger partial charge in [-0.05, 0) is 35.9 Å². The molecular formula is C22H29N3O3. The third kappa shape index (κ3) is 2.95. The Hall–Kier alpha value is -1.89. The monoisotopic (exact) mass is 383 g/mol. The van der Waals surface area contributed by atoms with Crippen LogP contribution in [0, 0.1) is 11.3 Å². The van der Waals surface area contributed by atoms with Gasteiger partial charge < -0.3 is 14.4 Å². The van der Waals surface area contributed by atoms with E-state index in [-0.39, 0.29) is 5.92 Å². The van der Waals surface area contributed by atoms with Crippen molar-refractivity contribution in [3.63, 3.8) is 0 Å². The topological polar surface area (TPSA) is 57.9 Å². The second kappa shape index (κ2) is 6.87. The number of hydrogen-bond acceptors (Lipinski definition) is 4. The van der Waals surface area contributed by atoms with Gasteiger partial charge in [-0.2, -0.15) is 0 Å². The molecule has 6 heteroatoms. The summed E-state index contributed by atoms with van der Waals surface area (Å²) in [4.78, 5) is 17.1. The lowest BCUT2D eigenvalue weighted by Gasteiger charge is -2.33. The molecule has 1 aromatic heterocycles. The summed E-state index contributed by atoms with van der Waals surface area (Å²) in [5.74, 6) is -0.404. The highest BCUT2D eigenvalue weighted by molar-refractivity contribution is 5.80. The molecule has 3 fully saturated rings. The molecule has 1 N–H and O–H groups in total. The molecule has 1 aromatic carbocycles. The van der Waals surface area contributed by atoms with Crippen LogP contribution in [0.1, 0.15) is 18.4 Å². The summed E-state index contributed by atoms with van der Waals surface area (Å²) in [5.41, 5.74) is 1.87. The molecule has 2 aromatic rings. The van der Waals surface area contributed by atoms with Crippen LogP contribution in [0.2, 0.25) is 0 Å². The van der Waals surface area contributed by atoms with Crippen molar-refractivity contribution in [2.45, 2.75) is 25.4 Å². The minimum Gasteiger partial charge on any atom is -0.481 e. The molecule has 2 atom stereocenters. The summed E-state index contributed by atoms with van der Waals surface area (Å²) in [6, 6.07) is 9.21. The normalized spacial score (nSPS) is 29.5. The Morgan fingerprint density at radius 2 is 2.04 bits per heavy atom. The number of fused-ring (bicyclic) bond motifs is 2. The van der Waals surface area contributed by atoms with Gasteiger partial charge in [0.2, 0.25) is 0 Å². The lowest BCUT2D eigenvalue weighted by molar-refractivity contribution is -0.149. The highest BCUT2D eigenvalue weighted by atomic mass is 16.5. The van der Waals surface area contributed by atoms with E-state index in [1.807, 2.05) is 0 Å². The second-order valence-corrected chi connectivity index (χ2v) is 8.92. The zero-order valence-corrected chi connectivity index (χ0v) is 16.5. The summed E-state index contributed by atoms with van der Waals surface area (Å²) in [7, 11) is 2.07. The highest BCUT2D eigenvalue weighted by Crippen LogP contribution is 2.44. The molecule has 0 radical (unpaired) electrons. The van der Waals surface area contributed by atoms with Gasteiger partial charge >= 0.3 is 5.97 Å². The van der Waals surface area contributed by atoms with E-state index in [2.05, 4.69) is 51.9 Å². The van der Waals surface area contributed by atoms with Crippen LogP contribution in [0.25, 0.3) is 10.9 Å². The number of ether oxygens (including phenoxy) is 1. The van der Waals surface area contributed by atoms with Gasteiger partial charge in [0.1, 0.15) is 0 Å². The Morgan fingerprint density at radius 1 is 1.21 bits per heavy atom. The molecular weight excluding hydrogens is 354 g/mol. The first-order valence-corrected chi connectivity index (χ1v) is 10.4. The minimum atomic E-state index is -0.618. The van der Waals surface area contributed by atoms with Crippen LogP contribution in [-0.4, -0.2) is 70.9 Å². The molecule has 6 nitrogen and oxygen atoms in total. The number of aryl methyl sites for hydroxylation is 1. The van der Waals surface area contributed by atoms with Crippen molar-refractivity contribution in [3.05, 3.63) is 36.0 Å². The van der Waals surface area contributed by atoms with E-state index < -0.39 is 11.4 Å². The van der Waals surface area contributed by atoms with E-state index in [0.29, 0.717) is 19.1 Å². The fraction of sp³-hybridized carbons (Fsp3) is 0.591. The number of carbonyl (C=O) groups is 1. The molecule has 4 heterocycles. The van der Waals surface area contributed by atoms with Crippen LogP contribution in [0.3, 0.4) is 0 Å². The average molecular weight is 383 g/mol. The number of nitrogens with zero attached hydrogens (tertiary/aromatic N) is 3. The van der Waals surface area contributed by atoms with Crippen molar-refractivity contribution in [1.29, 1.82) is 0 Å². The predicted molar refractivity (Wildman–Crippen MR) is 107 cm³/mol. The average Bonchev–Trinajstić information content (AvgIpc) is 3.34. The van der Waals surface area contributed by atoms with Crippen molar-refractivity contribution < 1.29 is 14.6 Å². The van der Waals surface area contributed by atoms with E-state index >= 15 is 0 Å². The second-order valence-electron chi connectivity index (χ2n) is 8.92. The zero-order valence-electron chi connectivity index (χ0n) is 16.5. The molecule has 0 spiro atoms. The van der Waals surface area contributed by atoms with Gasteiger partial charge in [0.25, 0.3) is 0 Å². The number of aliphatic carboxylic acids is 1. The molecule has 3 saturated heterocycles. The van der Waals surface area contributed by atoms with Gasteiger partial charge in [-0.3, -0.25) is 14.6 Å². The van der Waals surface area contributed by atoms with Crippen LogP contribution in [0.15, 0.2) is 30.5 Å². The van der Waals surface area contributed by atoms with Crippen molar-refractivity contribution in [2.75, 3.05) is 39.4 Å². The molecule has 3 aliphatic rings. The third-order valence-corrected chi connectivity index (χ3v) is 7.20. The fourth-order valence-electron chi connectivity index (χ4n) is 5.62. The van der Waals surface area contributed by atoms with Gasteiger partial charge in [0.05, 0.1) is 5.41 Å². The molecule has 150 valence electrons. The lowest BCUT2D eigenvalue weighted by atomic mass is 9.81. The Kier molecular flexibility index (Phi) is 4.45. The Balaban J connectivity index is 1.31. The smallest absolute Gasteiger partial charge is 0.312 e. The summed E-state index contributed by atoms with van der Waals surface area (Å²) in [6.07, 6.45) is 4.14. The largest absolute Gasteiger partial charge is 0.481 e. The Morgan fingerprint density at radius 3 is 2.79 bits per heavy atom. The quantitative estimate of drug-likeness (QED) is 0.877. The predicted octanol–water partition coefficient (Wildman–Crippen LogP) is 2.18. The lowest BCUT2D eigenvalue weighted by Crippen LogP contribution is -2.44. The maximum Gasteiger partial charge on any atom is 0.312 e. The highest BCUT2D eigenvalue weighted by Gasteiger charge is 2.58. The fourth-order valence-corrected chi connectivity index (χ4v) is 5.62. The molecule has 0 amide bonds. The number of carboxylic acid groups (broad SMARTS) is 1. The Bertz CT molecular complexity index is 888. The summed E-state index contributed by atoms with van der Waals surface area (Å²) < 4.78 is 7.63. The molecule has 0 bridgehead atoms. The number of aromatic nitrogens is 1. The zero-order chi connectivity index (χ0) is 19.3. The SMILES string of the molecule is Cn1ccc2ccc(CN3CC4CN(C5CCOCC5)C[C@@]4(C(=O)O)C3)cc21. The van der Waals surface area contributed by atoms with Crippen molar-refractivity contribution in [3.8, 4) is 0 Å². The van der Waals surface area contributed by atoms with E-state index in [1.165, 1.54) is 16.5 Å². The van der Waals surface area contributed by atoms with Crippen LogP contribution in [0.4, 0.5) is 0 Å². The first-order valence-electron chi connectivity index (χ1n) is 10.4. The number of rotatable bonds is 4. The van der Waals surface area contributed by atoms with Gasteiger partial charge in [-0.25, -0.2) is 0 Å². The van der Waals surface area contributed by atoms with E-state index in [4.69, 9.17) is 4.74 Å². The van der Waals surface area contributed by atoms with Crippen molar-refractivity contribution >= 4 is 16.9 Å². The van der Waals surface area contributed by atoms with Gasteiger partial charge in [0, 0.05) is 76.7 Å². The number of benzene rings is 1. The van der Waals surface area contributed by atoms with Crippen LogP contribution in [0.5, 0.6) is 0 Å². The van der Waals surface area contributed by atoms with Gasteiger partial charge in [-0.15, -0.1) is 0 Å². The van der Waals surface area contributed by atoms with Crippen LogP contribution >= 0.6 is 0 Å². The standard InChI is InChI=1S/C22H29N3O3/c1-23-7-4-17-3-2-16(10-20(17)23)11-24-12-18-13-25(19-5-8-28-9-6-19)15-22(18,14-24)21(26)27/h2-4,7,10,18-19H,5-6,8-9,11-15H2,1H3,(H,26,27)/t18?,22-/m0/s1. The summed E-state index contributed by atoms with van der Waals surface area (Å²) in [5, 5.41) is 11.4. The first kappa shape index (κ1) is 18.2. The first-order chi connectivity index (χ1) is 13.5.